The lowest BCUT2D eigenvalue weighted by molar-refractivity contribution is -0.121. The van der Waals surface area contributed by atoms with Gasteiger partial charge >= 0.3 is 0 Å². The van der Waals surface area contributed by atoms with Crippen LogP contribution >= 0.6 is 15.9 Å². The van der Waals surface area contributed by atoms with Gasteiger partial charge in [0, 0.05) is 43.1 Å². The number of carbonyl (C=O) groups excluding carboxylic acids is 1. The molecule has 6 heteroatoms. The molecule has 1 amide bonds. The van der Waals surface area contributed by atoms with Crippen LogP contribution in [0.2, 0.25) is 0 Å². The third kappa shape index (κ3) is 4.46. The predicted octanol–water partition coefficient (Wildman–Crippen LogP) is 1.99. The monoisotopic (exact) mass is 363 g/mol. The topological polar surface area (TPSA) is 54.3 Å². The Morgan fingerprint density at radius 2 is 1.86 bits per heavy atom. The van der Waals surface area contributed by atoms with Gasteiger partial charge in [0.25, 0.3) is 5.56 Å². The lowest BCUT2D eigenvalue weighted by atomic mass is 10.2. The number of halogens is 1. The minimum atomic E-state index is -0.200. The van der Waals surface area contributed by atoms with Gasteiger partial charge in [-0.3, -0.25) is 9.59 Å². The number of amides is 1. The normalized spacial score (nSPS) is 10.3. The highest BCUT2D eigenvalue weighted by molar-refractivity contribution is 9.10. The average molecular weight is 364 g/mol. The molecule has 0 saturated carbocycles. The van der Waals surface area contributed by atoms with Crippen molar-refractivity contribution in [1.82, 2.24) is 9.88 Å². The molecule has 0 aliphatic heterocycles. The fraction of sp³-hybridized carbons (Fsp3) is 0.250. The van der Waals surface area contributed by atoms with Gasteiger partial charge in [-0.1, -0.05) is 12.1 Å². The van der Waals surface area contributed by atoms with E-state index in [0.717, 1.165) is 15.7 Å². The molecule has 0 atom stereocenters. The Kier molecular flexibility index (Phi) is 5.38. The molecule has 1 aromatic heterocycles. The number of benzene rings is 1. The maximum atomic E-state index is 11.9. The summed E-state index contributed by atoms with van der Waals surface area (Å²) >= 11 is 3.28. The Bertz CT molecular complexity index is 708. The van der Waals surface area contributed by atoms with Crippen LogP contribution < -0.4 is 15.8 Å². The van der Waals surface area contributed by atoms with Crippen LogP contribution in [0.25, 0.3) is 0 Å². The van der Waals surface area contributed by atoms with Crippen molar-refractivity contribution in [2.24, 2.45) is 0 Å². The first-order valence-electron chi connectivity index (χ1n) is 6.84. The first-order chi connectivity index (χ1) is 10.5. The highest BCUT2D eigenvalue weighted by Gasteiger charge is 2.05. The first kappa shape index (κ1) is 16.3. The van der Waals surface area contributed by atoms with Crippen LogP contribution in [0, 0.1) is 0 Å². The van der Waals surface area contributed by atoms with Gasteiger partial charge in [-0.2, -0.15) is 0 Å². The average Bonchev–Trinajstić information content (AvgIpc) is 2.49. The summed E-state index contributed by atoms with van der Waals surface area (Å²) in [7, 11) is 3.96. The molecule has 0 unspecified atom stereocenters. The van der Waals surface area contributed by atoms with Crippen molar-refractivity contribution in [1.29, 1.82) is 0 Å². The summed E-state index contributed by atoms with van der Waals surface area (Å²) in [5.41, 5.74) is 1.92. The molecule has 2 rings (SSSR count). The Balaban J connectivity index is 1.92. The van der Waals surface area contributed by atoms with Gasteiger partial charge in [0.05, 0.1) is 0 Å². The summed E-state index contributed by atoms with van der Waals surface area (Å²) < 4.78 is 2.13. The predicted molar refractivity (Wildman–Crippen MR) is 91.0 cm³/mol. The third-order valence-corrected chi connectivity index (χ3v) is 3.67. The van der Waals surface area contributed by atoms with Crippen molar-refractivity contribution in [3.63, 3.8) is 0 Å². The standard InChI is InChI=1S/C16H18BrN3O2/c1-19(2)14-6-3-12(4-7-14)9-18-15(21)11-20-10-13(17)5-8-16(20)22/h3-8,10H,9,11H2,1-2H3,(H,18,21). The van der Waals surface area contributed by atoms with Gasteiger partial charge in [0.2, 0.25) is 5.91 Å². The SMILES string of the molecule is CN(C)c1ccc(CNC(=O)Cn2cc(Br)ccc2=O)cc1. The fourth-order valence-electron chi connectivity index (χ4n) is 1.95. The zero-order valence-corrected chi connectivity index (χ0v) is 14.1. The van der Waals surface area contributed by atoms with E-state index in [1.54, 1.807) is 12.3 Å². The van der Waals surface area contributed by atoms with Gasteiger partial charge in [-0.05, 0) is 39.7 Å². The van der Waals surface area contributed by atoms with Crippen molar-refractivity contribution in [3.05, 3.63) is 63.0 Å². The fourth-order valence-corrected chi connectivity index (χ4v) is 2.33. The Morgan fingerprint density at radius 1 is 1.18 bits per heavy atom. The van der Waals surface area contributed by atoms with Gasteiger partial charge in [-0.25, -0.2) is 0 Å². The van der Waals surface area contributed by atoms with E-state index in [-0.39, 0.29) is 18.0 Å². The van der Waals surface area contributed by atoms with Crippen LogP contribution in [0.1, 0.15) is 5.56 Å². The van der Waals surface area contributed by atoms with Gasteiger partial charge < -0.3 is 14.8 Å². The smallest absolute Gasteiger partial charge is 0.251 e. The summed E-state index contributed by atoms with van der Waals surface area (Å²) in [5.74, 6) is -0.197. The molecule has 1 heterocycles. The Labute approximate surface area is 137 Å². The lowest BCUT2D eigenvalue weighted by Crippen LogP contribution is -2.31. The van der Waals surface area contributed by atoms with Gasteiger partial charge in [0.15, 0.2) is 0 Å². The molecule has 22 heavy (non-hydrogen) atoms. The molecule has 1 aromatic carbocycles. The molecule has 5 nitrogen and oxygen atoms in total. The Morgan fingerprint density at radius 3 is 2.50 bits per heavy atom. The zero-order valence-electron chi connectivity index (χ0n) is 12.5. The van der Waals surface area contributed by atoms with E-state index < -0.39 is 0 Å². The molecule has 1 N–H and O–H groups in total. The number of rotatable bonds is 5. The number of hydrogen-bond donors (Lipinski definition) is 1. The van der Waals surface area contributed by atoms with Crippen LogP contribution in [-0.4, -0.2) is 24.6 Å². The second-order valence-corrected chi connectivity index (χ2v) is 6.07. The zero-order chi connectivity index (χ0) is 16.1. The van der Waals surface area contributed by atoms with Crippen LogP contribution in [0.3, 0.4) is 0 Å². The van der Waals surface area contributed by atoms with E-state index in [0.29, 0.717) is 6.54 Å². The summed E-state index contributed by atoms with van der Waals surface area (Å²) in [5, 5.41) is 2.82. The third-order valence-electron chi connectivity index (χ3n) is 3.20. The van der Waals surface area contributed by atoms with E-state index in [2.05, 4.69) is 21.2 Å². The van der Waals surface area contributed by atoms with Crippen LogP contribution in [0.15, 0.2) is 51.9 Å². The van der Waals surface area contributed by atoms with E-state index >= 15 is 0 Å². The molecule has 0 aliphatic carbocycles. The van der Waals surface area contributed by atoms with Crippen LogP contribution in [0.5, 0.6) is 0 Å². The van der Waals surface area contributed by atoms with Crippen LogP contribution in [0.4, 0.5) is 5.69 Å². The maximum absolute atomic E-state index is 11.9. The van der Waals surface area contributed by atoms with Crippen LogP contribution in [-0.2, 0) is 17.9 Å². The number of aromatic nitrogens is 1. The number of anilines is 1. The quantitative estimate of drug-likeness (QED) is 0.883. The minimum absolute atomic E-state index is 0.00799. The summed E-state index contributed by atoms with van der Waals surface area (Å²) in [6, 6.07) is 11.0. The largest absolute Gasteiger partial charge is 0.378 e. The molecular formula is C16H18BrN3O2. The number of hydrogen-bond acceptors (Lipinski definition) is 3. The molecule has 116 valence electrons. The minimum Gasteiger partial charge on any atom is -0.378 e. The maximum Gasteiger partial charge on any atom is 0.251 e. The molecule has 0 aliphatic rings. The van der Waals surface area contributed by atoms with E-state index in [1.165, 1.54) is 10.6 Å². The highest BCUT2D eigenvalue weighted by atomic mass is 79.9. The highest BCUT2D eigenvalue weighted by Crippen LogP contribution is 2.12. The van der Waals surface area contributed by atoms with Crippen molar-refractivity contribution in [2.75, 3.05) is 19.0 Å². The number of pyridine rings is 1. The lowest BCUT2D eigenvalue weighted by Gasteiger charge is -2.13. The second-order valence-electron chi connectivity index (χ2n) is 5.15. The second kappa shape index (κ2) is 7.26. The van der Waals surface area contributed by atoms with Crippen molar-refractivity contribution in [2.45, 2.75) is 13.1 Å². The number of nitrogens with one attached hydrogen (secondary N) is 1. The number of carbonyl (C=O) groups is 1. The van der Waals surface area contributed by atoms with E-state index in [4.69, 9.17) is 0 Å². The van der Waals surface area contributed by atoms with Crippen molar-refractivity contribution in [3.8, 4) is 0 Å². The molecule has 0 spiro atoms. The summed E-state index contributed by atoms with van der Waals surface area (Å²) in [6.45, 7) is 0.448. The summed E-state index contributed by atoms with van der Waals surface area (Å²) in [4.78, 5) is 25.6. The Hall–Kier alpha value is -2.08. The number of nitrogens with zero attached hydrogens (tertiary/aromatic N) is 2. The van der Waals surface area contributed by atoms with Crippen molar-refractivity contribution < 1.29 is 4.79 Å². The molecule has 2 aromatic rings. The molecule has 0 radical (unpaired) electrons. The molecule has 0 bridgehead atoms. The van der Waals surface area contributed by atoms with Crippen molar-refractivity contribution >= 4 is 27.5 Å². The van der Waals surface area contributed by atoms with E-state index in [1.807, 2.05) is 43.3 Å². The first-order valence-corrected chi connectivity index (χ1v) is 7.64. The van der Waals surface area contributed by atoms with E-state index in [9.17, 15) is 9.59 Å². The molecule has 0 fully saturated rings. The summed E-state index contributed by atoms with van der Waals surface area (Å²) in [6.07, 6.45) is 1.60. The molecular weight excluding hydrogens is 346 g/mol. The van der Waals surface area contributed by atoms with Gasteiger partial charge in [0.1, 0.15) is 6.54 Å². The van der Waals surface area contributed by atoms with Gasteiger partial charge in [-0.15, -0.1) is 0 Å². The molecule has 0 saturated heterocycles.